The van der Waals surface area contributed by atoms with Crippen LogP contribution in [0.4, 0.5) is 0 Å². The van der Waals surface area contributed by atoms with Gasteiger partial charge in [0.25, 0.3) is 0 Å². The van der Waals surface area contributed by atoms with E-state index in [-0.39, 0.29) is 12.4 Å². The van der Waals surface area contributed by atoms with Gasteiger partial charge in [-0.2, -0.15) is 5.26 Å². The lowest BCUT2D eigenvalue weighted by atomic mass is 9.53. The molecule has 4 saturated carbocycles. The van der Waals surface area contributed by atoms with Crippen LogP contribution >= 0.6 is 12.4 Å². The Morgan fingerprint density at radius 2 is 1.56 bits per heavy atom. The molecule has 4 aliphatic rings. The molecule has 0 unspecified atom stereocenters. The van der Waals surface area contributed by atoms with Crippen molar-refractivity contribution in [1.82, 2.24) is 5.32 Å². The summed E-state index contributed by atoms with van der Waals surface area (Å²) in [7, 11) is 0. The van der Waals surface area contributed by atoms with E-state index in [0.717, 1.165) is 24.3 Å². The summed E-state index contributed by atoms with van der Waals surface area (Å²) in [6.07, 6.45) is 9.35. The van der Waals surface area contributed by atoms with Crippen molar-refractivity contribution >= 4 is 12.4 Å². The highest BCUT2D eigenvalue weighted by Gasteiger charge is 2.50. The zero-order valence-electron chi connectivity index (χ0n) is 9.74. The van der Waals surface area contributed by atoms with Crippen LogP contribution in [0.15, 0.2) is 0 Å². The second-order valence-corrected chi connectivity index (χ2v) is 6.03. The molecule has 4 bridgehead atoms. The van der Waals surface area contributed by atoms with Gasteiger partial charge in [0.2, 0.25) is 0 Å². The van der Waals surface area contributed by atoms with E-state index in [1.54, 1.807) is 0 Å². The smallest absolute Gasteiger partial charge is 0.0635 e. The molecule has 0 aromatic heterocycles. The van der Waals surface area contributed by atoms with Gasteiger partial charge >= 0.3 is 0 Å². The summed E-state index contributed by atoms with van der Waals surface area (Å²) in [6, 6.07) is 2.24. The summed E-state index contributed by atoms with van der Waals surface area (Å²) in [6.45, 7) is 0.905. The van der Waals surface area contributed by atoms with Gasteiger partial charge in [-0.15, -0.1) is 12.4 Å². The van der Waals surface area contributed by atoms with Gasteiger partial charge in [0.05, 0.1) is 6.07 Å². The fourth-order valence-electron chi connectivity index (χ4n) is 4.71. The molecule has 4 aliphatic carbocycles. The van der Waals surface area contributed by atoms with E-state index < -0.39 is 0 Å². The average Bonchev–Trinajstić information content (AvgIpc) is 2.15. The molecule has 4 rings (SSSR count). The minimum Gasteiger partial charge on any atom is -0.310 e. The molecule has 0 heterocycles. The highest BCUT2D eigenvalue weighted by atomic mass is 35.5. The first-order chi connectivity index (χ1) is 7.30. The predicted octanol–water partition coefficient (Wildman–Crippen LogP) is 2.88. The highest BCUT2D eigenvalue weighted by Crippen LogP contribution is 2.55. The lowest BCUT2D eigenvalue weighted by Crippen LogP contribution is -2.58. The van der Waals surface area contributed by atoms with Gasteiger partial charge in [-0.1, -0.05) is 0 Å². The molecule has 0 amide bonds. The second kappa shape index (κ2) is 4.55. The SMILES string of the molecule is Cl.N#CCCNC12CC3CC(CC(C3)C1)C2. The third kappa shape index (κ3) is 2.08. The van der Waals surface area contributed by atoms with E-state index in [1.165, 1.54) is 38.5 Å². The van der Waals surface area contributed by atoms with E-state index in [2.05, 4.69) is 11.4 Å². The van der Waals surface area contributed by atoms with Crippen LogP contribution in [0.3, 0.4) is 0 Å². The van der Waals surface area contributed by atoms with Gasteiger partial charge < -0.3 is 5.32 Å². The Labute approximate surface area is 104 Å². The van der Waals surface area contributed by atoms with E-state index in [0.29, 0.717) is 12.0 Å². The first-order valence-corrected chi connectivity index (χ1v) is 6.42. The van der Waals surface area contributed by atoms with Crippen molar-refractivity contribution in [2.24, 2.45) is 17.8 Å². The summed E-state index contributed by atoms with van der Waals surface area (Å²) in [4.78, 5) is 0. The number of halogens is 1. The molecule has 0 radical (unpaired) electrons. The van der Waals surface area contributed by atoms with E-state index >= 15 is 0 Å². The maximum absolute atomic E-state index is 8.59. The molecular weight excluding hydrogens is 220 g/mol. The molecule has 0 saturated heterocycles. The third-order valence-corrected chi connectivity index (χ3v) is 4.78. The molecule has 2 nitrogen and oxygen atoms in total. The lowest BCUT2D eigenvalue weighted by Gasteiger charge is -2.57. The van der Waals surface area contributed by atoms with E-state index in [9.17, 15) is 0 Å². The second-order valence-electron chi connectivity index (χ2n) is 6.03. The summed E-state index contributed by atoms with van der Waals surface area (Å²) >= 11 is 0. The minimum atomic E-state index is 0. The van der Waals surface area contributed by atoms with Crippen LogP contribution in [0.2, 0.25) is 0 Å². The number of hydrogen-bond donors (Lipinski definition) is 1. The Balaban J connectivity index is 0.000000963. The molecule has 16 heavy (non-hydrogen) atoms. The Morgan fingerprint density at radius 1 is 1.06 bits per heavy atom. The van der Waals surface area contributed by atoms with Gasteiger partial charge in [0, 0.05) is 18.5 Å². The molecule has 0 aliphatic heterocycles. The average molecular weight is 241 g/mol. The van der Waals surface area contributed by atoms with E-state index in [4.69, 9.17) is 5.26 Å². The Hall–Kier alpha value is -0.260. The van der Waals surface area contributed by atoms with Crippen LogP contribution in [0.25, 0.3) is 0 Å². The van der Waals surface area contributed by atoms with Crippen molar-refractivity contribution < 1.29 is 0 Å². The number of nitrogens with zero attached hydrogens (tertiary/aromatic N) is 1. The van der Waals surface area contributed by atoms with Crippen molar-refractivity contribution in [3.63, 3.8) is 0 Å². The van der Waals surface area contributed by atoms with Crippen molar-refractivity contribution in [1.29, 1.82) is 5.26 Å². The first kappa shape index (κ1) is 12.2. The number of nitriles is 1. The summed E-state index contributed by atoms with van der Waals surface area (Å²) in [5.41, 5.74) is 0.450. The Bertz CT molecular complexity index is 260. The quantitative estimate of drug-likeness (QED) is 0.770. The molecule has 4 fully saturated rings. The fourth-order valence-corrected chi connectivity index (χ4v) is 4.71. The van der Waals surface area contributed by atoms with E-state index in [1.807, 2.05) is 0 Å². The van der Waals surface area contributed by atoms with Crippen LogP contribution < -0.4 is 5.32 Å². The first-order valence-electron chi connectivity index (χ1n) is 6.42. The topological polar surface area (TPSA) is 35.8 Å². The summed E-state index contributed by atoms with van der Waals surface area (Å²) < 4.78 is 0. The zero-order chi connectivity index (χ0) is 10.3. The van der Waals surface area contributed by atoms with Crippen molar-refractivity contribution in [2.45, 2.75) is 50.5 Å². The molecule has 0 aromatic rings. The van der Waals surface area contributed by atoms with Crippen LogP contribution in [-0.2, 0) is 0 Å². The Kier molecular flexibility index (Phi) is 3.47. The molecule has 0 aromatic carbocycles. The standard InChI is InChI=1S/C13H20N2.ClH/c14-2-1-3-15-13-7-10-4-11(8-13)6-12(5-10)9-13;/h10-12,15H,1,3-9H2;1H. The monoisotopic (exact) mass is 240 g/mol. The van der Waals surface area contributed by atoms with Gasteiger partial charge in [-0.05, 0) is 56.3 Å². The summed E-state index contributed by atoms with van der Waals surface area (Å²) in [5, 5.41) is 12.3. The number of hydrogen-bond acceptors (Lipinski definition) is 2. The van der Waals surface area contributed by atoms with Gasteiger partial charge in [-0.25, -0.2) is 0 Å². The summed E-state index contributed by atoms with van der Waals surface area (Å²) in [5.74, 6) is 3.02. The van der Waals surface area contributed by atoms with Crippen LogP contribution in [0.5, 0.6) is 0 Å². The molecular formula is C13H21ClN2. The van der Waals surface area contributed by atoms with Crippen molar-refractivity contribution in [2.75, 3.05) is 6.54 Å². The third-order valence-electron chi connectivity index (χ3n) is 4.78. The lowest BCUT2D eigenvalue weighted by molar-refractivity contribution is -0.0191. The normalized spacial score (nSPS) is 43.8. The highest BCUT2D eigenvalue weighted by molar-refractivity contribution is 5.85. The maximum Gasteiger partial charge on any atom is 0.0635 e. The minimum absolute atomic E-state index is 0. The van der Waals surface area contributed by atoms with Crippen LogP contribution in [0, 0.1) is 29.1 Å². The molecule has 1 N–H and O–H groups in total. The molecule has 90 valence electrons. The van der Waals surface area contributed by atoms with Gasteiger partial charge in [0.15, 0.2) is 0 Å². The molecule has 3 heteroatoms. The van der Waals surface area contributed by atoms with Crippen LogP contribution in [-0.4, -0.2) is 12.1 Å². The van der Waals surface area contributed by atoms with Crippen molar-refractivity contribution in [3.05, 3.63) is 0 Å². The fraction of sp³-hybridized carbons (Fsp3) is 0.923. The van der Waals surface area contributed by atoms with Crippen LogP contribution in [0.1, 0.15) is 44.9 Å². The van der Waals surface area contributed by atoms with Gasteiger partial charge in [0.1, 0.15) is 0 Å². The zero-order valence-corrected chi connectivity index (χ0v) is 10.6. The maximum atomic E-state index is 8.59. The predicted molar refractivity (Wildman–Crippen MR) is 66.4 cm³/mol. The Morgan fingerprint density at radius 3 is 2.00 bits per heavy atom. The number of rotatable bonds is 3. The molecule has 0 atom stereocenters. The molecule has 0 spiro atoms. The van der Waals surface area contributed by atoms with Gasteiger partial charge in [-0.3, -0.25) is 0 Å². The number of nitrogens with one attached hydrogen (secondary N) is 1. The largest absolute Gasteiger partial charge is 0.310 e. The van der Waals surface area contributed by atoms with Crippen molar-refractivity contribution in [3.8, 4) is 6.07 Å².